The van der Waals surface area contributed by atoms with Crippen LogP contribution in [0.15, 0.2) is 54.7 Å². The summed E-state index contributed by atoms with van der Waals surface area (Å²) in [6, 6.07) is 14.9. The van der Waals surface area contributed by atoms with Crippen molar-refractivity contribution in [2.45, 2.75) is 45.2 Å². The molecule has 1 aromatic carbocycles. The molecule has 5 aromatic rings. The maximum atomic E-state index is 15.7. The van der Waals surface area contributed by atoms with Crippen LogP contribution in [0.25, 0.3) is 39.2 Å². The number of nitrogens with zero attached hydrogens (tertiary/aromatic N) is 5. The maximum Gasteiger partial charge on any atom is 0.255 e. The second-order valence-corrected chi connectivity index (χ2v) is 13.1. The van der Waals surface area contributed by atoms with Crippen molar-refractivity contribution in [3.8, 4) is 22.6 Å². The van der Waals surface area contributed by atoms with Gasteiger partial charge >= 0.3 is 0 Å². The molecule has 3 saturated carbocycles. The summed E-state index contributed by atoms with van der Waals surface area (Å²) in [4.78, 5) is 32.1. The molecule has 0 spiro atoms. The smallest absolute Gasteiger partial charge is 0.255 e. The van der Waals surface area contributed by atoms with Crippen LogP contribution in [0, 0.1) is 36.4 Å². The van der Waals surface area contributed by atoms with E-state index in [-0.39, 0.29) is 5.91 Å². The zero-order valence-electron chi connectivity index (χ0n) is 23.8. The third-order valence-corrected chi connectivity index (χ3v) is 10.5. The second kappa shape index (κ2) is 8.75. The van der Waals surface area contributed by atoms with Gasteiger partial charge in [0.15, 0.2) is 0 Å². The molecule has 1 aliphatic heterocycles. The zero-order chi connectivity index (χ0) is 29.1. The van der Waals surface area contributed by atoms with Gasteiger partial charge in [0.05, 0.1) is 17.0 Å². The van der Waals surface area contributed by atoms with Crippen molar-refractivity contribution in [1.82, 2.24) is 24.1 Å². The number of carbonyl (C=O) groups is 2. The predicted molar refractivity (Wildman–Crippen MR) is 160 cm³/mol. The Bertz CT molecular complexity index is 2010. The van der Waals surface area contributed by atoms with Crippen LogP contribution in [0.3, 0.4) is 0 Å². The molecule has 1 saturated heterocycles. The van der Waals surface area contributed by atoms with Crippen LogP contribution < -0.4 is 5.73 Å². The molecule has 8 nitrogen and oxygen atoms in total. The van der Waals surface area contributed by atoms with Gasteiger partial charge in [-0.3, -0.25) is 9.59 Å². The molecule has 43 heavy (non-hydrogen) atoms. The lowest BCUT2D eigenvalue weighted by Gasteiger charge is -2.52. The molecule has 0 radical (unpaired) electrons. The van der Waals surface area contributed by atoms with Gasteiger partial charge in [0.25, 0.3) is 5.91 Å². The Balaban J connectivity index is 1.12. The van der Waals surface area contributed by atoms with Gasteiger partial charge < -0.3 is 15.2 Å². The van der Waals surface area contributed by atoms with E-state index >= 15 is 4.39 Å². The van der Waals surface area contributed by atoms with Crippen LogP contribution in [-0.4, -0.2) is 48.5 Å². The third-order valence-electron chi connectivity index (χ3n) is 10.5. The minimum absolute atomic E-state index is 0.0863. The SMILES string of the molecule is Cc1c(-c2cc3ccc(-c4ccc(C(N)=O)cc4)nc3n2CC2CC2)nn2cc(C(=O)N3CC4CC5CC3[C@H]54)cc(F)c12. The first-order valence-electron chi connectivity index (χ1n) is 15.2. The van der Waals surface area contributed by atoms with Crippen molar-refractivity contribution >= 4 is 28.4 Å². The van der Waals surface area contributed by atoms with Crippen molar-refractivity contribution in [1.29, 1.82) is 0 Å². The first-order valence-corrected chi connectivity index (χ1v) is 15.2. The maximum absolute atomic E-state index is 15.7. The van der Waals surface area contributed by atoms with E-state index in [1.54, 1.807) is 22.8 Å². The summed E-state index contributed by atoms with van der Waals surface area (Å²) in [5.74, 6) is 1.66. The number of rotatable bonds is 6. The molecule has 3 unspecified atom stereocenters. The number of likely N-dealkylation sites (tertiary alicyclic amines) is 1. The number of pyridine rings is 2. The van der Waals surface area contributed by atoms with E-state index in [1.807, 2.05) is 36.1 Å². The van der Waals surface area contributed by atoms with E-state index < -0.39 is 11.7 Å². The highest BCUT2D eigenvalue weighted by molar-refractivity contribution is 5.96. The number of amides is 2. The average molecular weight is 575 g/mol. The summed E-state index contributed by atoms with van der Waals surface area (Å²) in [6.45, 7) is 3.49. The number of nitrogens with two attached hydrogens (primary N) is 1. The number of benzene rings is 1. The summed E-state index contributed by atoms with van der Waals surface area (Å²) >= 11 is 0. The molecule has 2 N–H and O–H groups in total. The van der Waals surface area contributed by atoms with Crippen molar-refractivity contribution in [3.05, 3.63) is 77.2 Å². The number of hydrogen-bond acceptors (Lipinski definition) is 4. The molecule has 0 bridgehead atoms. The molecule has 4 aliphatic rings. The van der Waals surface area contributed by atoms with Gasteiger partial charge in [-0.05, 0) is 92.7 Å². The second-order valence-electron chi connectivity index (χ2n) is 13.1. The number of halogens is 1. The third kappa shape index (κ3) is 3.66. The normalized spacial score (nSPS) is 23.8. The molecular formula is C34H31FN6O2. The van der Waals surface area contributed by atoms with Crippen molar-refractivity contribution in [2.75, 3.05) is 6.54 Å². The Labute approximate surface area is 247 Å². The molecule has 5 heterocycles. The summed E-state index contributed by atoms with van der Waals surface area (Å²) in [5.41, 5.74) is 11.5. The van der Waals surface area contributed by atoms with Crippen molar-refractivity contribution < 1.29 is 14.0 Å². The Hall–Kier alpha value is -4.53. The molecule has 9 heteroatoms. The van der Waals surface area contributed by atoms with Gasteiger partial charge in [-0.25, -0.2) is 13.9 Å². The van der Waals surface area contributed by atoms with Crippen molar-refractivity contribution in [2.24, 2.45) is 29.4 Å². The van der Waals surface area contributed by atoms with E-state index in [2.05, 4.69) is 10.6 Å². The lowest BCUT2D eigenvalue weighted by molar-refractivity contribution is -0.0204. The predicted octanol–water partition coefficient (Wildman–Crippen LogP) is 5.45. The summed E-state index contributed by atoms with van der Waals surface area (Å²) in [5, 5.41) is 5.86. The molecule has 3 aliphatic carbocycles. The number of primary amides is 1. The first kappa shape index (κ1) is 25.0. The fourth-order valence-electron chi connectivity index (χ4n) is 8.03. The van der Waals surface area contributed by atoms with Gasteiger partial charge in [-0.1, -0.05) is 12.1 Å². The Morgan fingerprint density at radius 3 is 2.56 bits per heavy atom. The highest BCUT2D eigenvalue weighted by Crippen LogP contribution is 2.60. The summed E-state index contributed by atoms with van der Waals surface area (Å²) in [7, 11) is 0. The largest absolute Gasteiger partial charge is 0.366 e. The quantitative estimate of drug-likeness (QED) is 0.291. The van der Waals surface area contributed by atoms with Gasteiger partial charge in [0, 0.05) is 47.4 Å². The molecule has 4 fully saturated rings. The number of hydrogen-bond donors (Lipinski definition) is 1. The Kier molecular flexibility index (Phi) is 5.09. The van der Waals surface area contributed by atoms with Gasteiger partial charge in [-0.15, -0.1) is 0 Å². The highest BCUT2D eigenvalue weighted by atomic mass is 19.1. The molecule has 216 valence electrons. The number of aromatic nitrogens is 4. The monoisotopic (exact) mass is 574 g/mol. The van der Waals surface area contributed by atoms with Gasteiger partial charge in [-0.2, -0.15) is 5.10 Å². The Morgan fingerprint density at radius 1 is 1.02 bits per heavy atom. The fraction of sp³-hybridized carbons (Fsp3) is 0.353. The first-order chi connectivity index (χ1) is 20.8. The minimum Gasteiger partial charge on any atom is -0.366 e. The van der Waals surface area contributed by atoms with Crippen LogP contribution in [0.1, 0.15) is 52.0 Å². The number of aryl methyl sites for hydroxylation is 1. The van der Waals surface area contributed by atoms with Crippen LogP contribution in [0.4, 0.5) is 4.39 Å². The fourth-order valence-corrected chi connectivity index (χ4v) is 8.03. The van der Waals surface area contributed by atoms with Crippen LogP contribution in [-0.2, 0) is 6.54 Å². The summed E-state index contributed by atoms with van der Waals surface area (Å²) < 4.78 is 19.5. The Morgan fingerprint density at radius 2 is 1.84 bits per heavy atom. The van der Waals surface area contributed by atoms with Gasteiger partial charge in [0.2, 0.25) is 5.91 Å². The average Bonchev–Trinajstić information content (AvgIpc) is 3.65. The summed E-state index contributed by atoms with van der Waals surface area (Å²) in [6.07, 6.45) is 6.35. The number of fused-ring (bicyclic) bond motifs is 2. The standard InChI is InChI=1S/C34H31FN6O2/c1-17-30(38-41-16-24(11-25(35)31(17)41)34(43)40-15-23-10-22-13-27(40)29(22)23)28-12-21-8-9-26(19-4-6-20(7-5-19)32(36)42)37-33(21)39(28)14-18-2-3-18/h4-9,11-12,16,18,22-23,27,29H,2-3,10,13-15H2,1H3,(H2,36,42)/t22?,23?,27?,29-/m1/s1. The lowest BCUT2D eigenvalue weighted by atomic mass is 9.53. The number of carbonyl (C=O) groups excluding carboxylic acids is 2. The highest BCUT2D eigenvalue weighted by Gasteiger charge is 2.61. The van der Waals surface area contributed by atoms with Crippen LogP contribution >= 0.6 is 0 Å². The van der Waals surface area contributed by atoms with Crippen molar-refractivity contribution in [3.63, 3.8) is 0 Å². The molecule has 4 atom stereocenters. The lowest BCUT2D eigenvalue weighted by Crippen LogP contribution is -2.53. The van der Waals surface area contributed by atoms with Crippen LogP contribution in [0.2, 0.25) is 0 Å². The molecule has 2 amide bonds. The van der Waals surface area contributed by atoms with E-state index in [0.29, 0.717) is 46.1 Å². The van der Waals surface area contributed by atoms with E-state index in [9.17, 15) is 9.59 Å². The zero-order valence-corrected chi connectivity index (χ0v) is 23.8. The molecular weight excluding hydrogens is 543 g/mol. The topological polar surface area (TPSA) is 98.5 Å². The molecule has 4 aromatic heterocycles. The van der Waals surface area contributed by atoms with Gasteiger partial charge in [0.1, 0.15) is 22.7 Å². The minimum atomic E-state index is -0.465. The van der Waals surface area contributed by atoms with Crippen LogP contribution in [0.5, 0.6) is 0 Å². The van der Waals surface area contributed by atoms with E-state index in [4.69, 9.17) is 15.8 Å². The van der Waals surface area contributed by atoms with E-state index in [1.165, 1.54) is 12.5 Å². The van der Waals surface area contributed by atoms with E-state index in [0.717, 1.165) is 71.8 Å². The molecule has 9 rings (SSSR count).